The number of hydrogen-bond acceptors (Lipinski definition) is 7. The summed E-state index contributed by atoms with van der Waals surface area (Å²) in [4.78, 5) is 52.2. The predicted molar refractivity (Wildman–Crippen MR) is 117 cm³/mol. The predicted octanol–water partition coefficient (Wildman–Crippen LogP) is 1.02. The van der Waals surface area contributed by atoms with Crippen LogP contribution in [0, 0.1) is 0 Å². The standard InChI is InChI=1S/C24H21FN2O7/c1-23(25)21(27-13-12-16(28)26-22(27)32)34-20(18(30)17(29)14-8-4-2-5-9-14)24(23,33)19(31)15-10-6-3-7-11-15/h2-13,18,20-21,30,33H,1H3,(H,26,28,32)/t18?,20-,21-,23-,24-/m1/s1. The number of benzene rings is 2. The van der Waals surface area contributed by atoms with E-state index in [9.17, 15) is 29.4 Å². The van der Waals surface area contributed by atoms with Crippen LogP contribution in [-0.2, 0) is 4.74 Å². The maximum absolute atomic E-state index is 16.4. The fraction of sp³-hybridized carbons (Fsp3) is 0.250. The van der Waals surface area contributed by atoms with E-state index in [4.69, 9.17) is 4.74 Å². The van der Waals surface area contributed by atoms with Crippen LogP contribution in [-0.4, -0.2) is 54.8 Å². The molecule has 0 saturated carbocycles. The molecule has 4 rings (SSSR count). The Balaban J connectivity index is 1.86. The molecule has 5 atom stereocenters. The number of nitrogens with one attached hydrogen (secondary N) is 1. The van der Waals surface area contributed by atoms with Crippen molar-refractivity contribution < 1.29 is 28.9 Å². The summed E-state index contributed by atoms with van der Waals surface area (Å²) in [5.41, 5.74) is -8.00. The number of Topliss-reactive ketones (excluding diaryl/α,β-unsaturated/α-hetero) is 2. The molecule has 34 heavy (non-hydrogen) atoms. The average Bonchev–Trinajstić information content (AvgIpc) is 3.05. The van der Waals surface area contributed by atoms with Crippen LogP contribution in [0.15, 0.2) is 82.5 Å². The maximum Gasteiger partial charge on any atom is 0.330 e. The van der Waals surface area contributed by atoms with Crippen LogP contribution >= 0.6 is 0 Å². The van der Waals surface area contributed by atoms with Crippen LogP contribution in [0.25, 0.3) is 0 Å². The minimum atomic E-state index is -3.08. The second-order valence-corrected chi connectivity index (χ2v) is 8.14. The average molecular weight is 468 g/mol. The van der Waals surface area contributed by atoms with Gasteiger partial charge in [-0.1, -0.05) is 60.7 Å². The molecule has 0 aliphatic carbocycles. The molecule has 3 aromatic rings. The van der Waals surface area contributed by atoms with Crippen molar-refractivity contribution in [2.75, 3.05) is 0 Å². The number of alkyl halides is 1. The molecule has 0 amide bonds. The molecule has 0 bridgehead atoms. The molecule has 1 fully saturated rings. The van der Waals surface area contributed by atoms with Crippen LogP contribution < -0.4 is 11.2 Å². The van der Waals surface area contributed by atoms with E-state index in [1.807, 2.05) is 4.98 Å². The number of aromatic nitrogens is 2. The van der Waals surface area contributed by atoms with Gasteiger partial charge >= 0.3 is 5.69 Å². The zero-order chi connectivity index (χ0) is 24.7. The number of carbonyl (C=O) groups excluding carboxylic acids is 2. The highest BCUT2D eigenvalue weighted by Crippen LogP contribution is 2.50. The van der Waals surface area contributed by atoms with Crippen molar-refractivity contribution in [3.8, 4) is 0 Å². The molecule has 2 aromatic carbocycles. The first-order chi connectivity index (χ1) is 16.1. The monoisotopic (exact) mass is 468 g/mol. The van der Waals surface area contributed by atoms with Crippen LogP contribution in [0.4, 0.5) is 4.39 Å². The van der Waals surface area contributed by atoms with Crippen molar-refractivity contribution in [3.05, 3.63) is 105 Å². The zero-order valence-electron chi connectivity index (χ0n) is 17.9. The number of carbonyl (C=O) groups is 2. The fourth-order valence-corrected chi connectivity index (χ4v) is 4.14. The largest absolute Gasteiger partial charge is 0.382 e. The highest BCUT2D eigenvalue weighted by atomic mass is 19.1. The molecule has 2 heterocycles. The van der Waals surface area contributed by atoms with E-state index in [1.165, 1.54) is 36.4 Å². The number of aromatic amines is 1. The summed E-state index contributed by atoms with van der Waals surface area (Å²) in [6.07, 6.45) is -5.28. The van der Waals surface area contributed by atoms with Crippen molar-refractivity contribution in [2.45, 2.75) is 36.6 Å². The summed E-state index contributed by atoms with van der Waals surface area (Å²) >= 11 is 0. The Bertz CT molecular complexity index is 1340. The van der Waals surface area contributed by atoms with Crippen molar-refractivity contribution in [2.24, 2.45) is 0 Å². The molecule has 1 aliphatic rings. The summed E-state index contributed by atoms with van der Waals surface area (Å²) < 4.78 is 22.6. The SMILES string of the molecule is C[C@@]1(F)[C@H](n2ccc(=O)[nH]c2=O)O[C@H](C(O)C(=O)c2ccccc2)[C@]1(O)C(=O)c1ccccc1. The third-order valence-corrected chi connectivity index (χ3v) is 6.00. The molecule has 3 N–H and O–H groups in total. The van der Waals surface area contributed by atoms with E-state index >= 15 is 4.39 Å². The summed E-state index contributed by atoms with van der Waals surface area (Å²) in [7, 11) is 0. The third-order valence-electron chi connectivity index (χ3n) is 6.00. The van der Waals surface area contributed by atoms with Crippen LogP contribution in [0.3, 0.4) is 0 Å². The normalized spacial score (nSPS) is 27.3. The lowest BCUT2D eigenvalue weighted by molar-refractivity contribution is -0.0935. The Morgan fingerprint density at radius 3 is 2.15 bits per heavy atom. The van der Waals surface area contributed by atoms with Gasteiger partial charge < -0.3 is 14.9 Å². The summed E-state index contributed by atoms with van der Waals surface area (Å²) in [5, 5.41) is 22.5. The smallest absolute Gasteiger partial charge is 0.330 e. The molecule has 1 aliphatic heterocycles. The number of ketones is 2. The highest BCUT2D eigenvalue weighted by Gasteiger charge is 2.71. The van der Waals surface area contributed by atoms with Crippen LogP contribution in [0.2, 0.25) is 0 Å². The Hall–Kier alpha value is -3.73. The highest BCUT2D eigenvalue weighted by molar-refractivity contribution is 6.06. The number of aliphatic hydroxyl groups excluding tert-OH is 1. The lowest BCUT2D eigenvalue weighted by Gasteiger charge is -2.36. The summed E-state index contributed by atoms with van der Waals surface area (Å²) in [6.45, 7) is 0.829. The van der Waals surface area contributed by atoms with E-state index in [1.54, 1.807) is 24.3 Å². The first kappa shape index (κ1) is 23.4. The summed E-state index contributed by atoms with van der Waals surface area (Å²) in [6, 6.07) is 15.7. The number of hydrogen-bond donors (Lipinski definition) is 3. The maximum atomic E-state index is 16.4. The van der Waals surface area contributed by atoms with Crippen molar-refractivity contribution >= 4 is 11.6 Å². The van der Waals surface area contributed by atoms with E-state index in [-0.39, 0.29) is 11.1 Å². The Labute approximate surface area is 192 Å². The number of aliphatic hydroxyl groups is 2. The number of nitrogens with zero attached hydrogens (tertiary/aromatic N) is 1. The van der Waals surface area contributed by atoms with Gasteiger partial charge in [0.1, 0.15) is 12.2 Å². The molecular formula is C24H21FN2O7. The minimum absolute atomic E-state index is 0.0401. The zero-order valence-corrected chi connectivity index (χ0v) is 17.9. The van der Waals surface area contributed by atoms with Crippen molar-refractivity contribution in [1.82, 2.24) is 9.55 Å². The molecule has 0 spiro atoms. The number of ether oxygens (including phenoxy) is 1. The van der Waals surface area contributed by atoms with Crippen molar-refractivity contribution in [1.29, 1.82) is 0 Å². The Morgan fingerprint density at radius 2 is 1.59 bits per heavy atom. The minimum Gasteiger partial charge on any atom is -0.382 e. The van der Waals surface area contributed by atoms with Gasteiger partial charge in [0.15, 0.2) is 23.3 Å². The molecule has 176 valence electrons. The summed E-state index contributed by atoms with van der Waals surface area (Å²) in [5.74, 6) is -2.07. The first-order valence-corrected chi connectivity index (χ1v) is 10.3. The number of H-pyrrole nitrogens is 1. The molecule has 9 nitrogen and oxygen atoms in total. The van der Waals surface area contributed by atoms with E-state index in [0.717, 1.165) is 19.2 Å². The van der Waals surface area contributed by atoms with Gasteiger partial charge in [-0.15, -0.1) is 0 Å². The topological polar surface area (TPSA) is 139 Å². The van der Waals surface area contributed by atoms with Gasteiger partial charge in [0.05, 0.1) is 0 Å². The lowest BCUT2D eigenvalue weighted by atomic mass is 9.74. The third kappa shape index (κ3) is 3.61. The van der Waals surface area contributed by atoms with Crippen LogP contribution in [0.1, 0.15) is 33.9 Å². The lowest BCUT2D eigenvalue weighted by Crippen LogP contribution is -2.63. The van der Waals surface area contributed by atoms with Gasteiger partial charge in [0, 0.05) is 23.4 Å². The quantitative estimate of drug-likeness (QED) is 0.459. The van der Waals surface area contributed by atoms with E-state index < -0.39 is 52.5 Å². The van der Waals surface area contributed by atoms with E-state index in [0.29, 0.717) is 4.57 Å². The number of rotatable bonds is 6. The molecule has 0 radical (unpaired) electrons. The second kappa shape index (κ2) is 8.56. The van der Waals surface area contributed by atoms with Crippen LogP contribution in [0.5, 0.6) is 0 Å². The van der Waals surface area contributed by atoms with Gasteiger partial charge in [-0.05, 0) is 6.92 Å². The van der Waals surface area contributed by atoms with Gasteiger partial charge in [0.25, 0.3) is 5.56 Å². The first-order valence-electron chi connectivity index (χ1n) is 10.3. The van der Waals surface area contributed by atoms with E-state index in [2.05, 4.69) is 0 Å². The van der Waals surface area contributed by atoms with Crippen molar-refractivity contribution in [3.63, 3.8) is 0 Å². The second-order valence-electron chi connectivity index (χ2n) is 8.14. The molecule has 1 saturated heterocycles. The number of halogens is 1. The molecule has 1 unspecified atom stereocenters. The van der Waals surface area contributed by atoms with Gasteiger partial charge in [-0.3, -0.25) is 23.9 Å². The van der Waals surface area contributed by atoms with Gasteiger partial charge in [-0.25, -0.2) is 9.18 Å². The fourth-order valence-electron chi connectivity index (χ4n) is 4.14. The van der Waals surface area contributed by atoms with Gasteiger partial charge in [-0.2, -0.15) is 0 Å². The van der Waals surface area contributed by atoms with Gasteiger partial charge in [0.2, 0.25) is 5.78 Å². The molecule has 10 heteroatoms. The Kier molecular flexibility index (Phi) is 5.90. The molecular weight excluding hydrogens is 447 g/mol. The molecule has 1 aromatic heterocycles. The Morgan fingerprint density at radius 1 is 1.03 bits per heavy atom.